The van der Waals surface area contributed by atoms with Crippen LogP contribution in [0, 0.1) is 13.8 Å². The number of hydrogen-bond acceptors (Lipinski definition) is 3. The molecule has 0 amide bonds. The van der Waals surface area contributed by atoms with Gasteiger partial charge in [0, 0.05) is 25.7 Å². The lowest BCUT2D eigenvalue weighted by Crippen LogP contribution is -2.51. The van der Waals surface area contributed by atoms with Crippen molar-refractivity contribution >= 4 is 10.0 Å². The molecule has 100 valence electrons. The molecule has 1 saturated heterocycles. The van der Waals surface area contributed by atoms with Gasteiger partial charge in [0.05, 0.1) is 4.90 Å². The quantitative estimate of drug-likeness (QED) is 0.879. The van der Waals surface area contributed by atoms with Crippen molar-refractivity contribution in [2.45, 2.75) is 31.7 Å². The topological polar surface area (TPSA) is 49.4 Å². The number of nitrogens with zero attached hydrogens (tertiary/aromatic N) is 1. The number of hydrogen-bond donors (Lipinski definition) is 1. The van der Waals surface area contributed by atoms with Crippen molar-refractivity contribution in [2.75, 3.05) is 19.6 Å². The molecule has 1 aromatic carbocycles. The minimum absolute atomic E-state index is 0.208. The van der Waals surface area contributed by atoms with E-state index in [1.807, 2.05) is 32.9 Å². The highest BCUT2D eigenvalue weighted by atomic mass is 32.2. The van der Waals surface area contributed by atoms with Gasteiger partial charge >= 0.3 is 0 Å². The molecule has 18 heavy (non-hydrogen) atoms. The Morgan fingerprint density at radius 2 is 2.06 bits per heavy atom. The lowest BCUT2D eigenvalue weighted by Gasteiger charge is -2.31. The van der Waals surface area contributed by atoms with E-state index in [4.69, 9.17) is 0 Å². The monoisotopic (exact) mass is 268 g/mol. The Kier molecular flexibility index (Phi) is 3.75. The summed E-state index contributed by atoms with van der Waals surface area (Å²) in [5.74, 6) is 0. The van der Waals surface area contributed by atoms with Crippen LogP contribution in [0.1, 0.15) is 18.1 Å². The lowest BCUT2D eigenvalue weighted by molar-refractivity contribution is 0.310. The molecule has 4 nitrogen and oxygen atoms in total. The summed E-state index contributed by atoms with van der Waals surface area (Å²) in [6.45, 7) is 7.62. The molecule has 1 atom stereocenters. The van der Waals surface area contributed by atoms with E-state index < -0.39 is 10.0 Å². The van der Waals surface area contributed by atoms with Gasteiger partial charge in [-0.3, -0.25) is 0 Å². The van der Waals surface area contributed by atoms with Crippen molar-refractivity contribution in [2.24, 2.45) is 0 Å². The molecule has 0 aromatic heterocycles. The number of piperazine rings is 1. The minimum Gasteiger partial charge on any atom is -0.312 e. The summed E-state index contributed by atoms with van der Waals surface area (Å²) in [4.78, 5) is 0.433. The van der Waals surface area contributed by atoms with Gasteiger partial charge in [-0.15, -0.1) is 0 Å². The van der Waals surface area contributed by atoms with E-state index in [-0.39, 0.29) is 6.04 Å². The largest absolute Gasteiger partial charge is 0.312 e. The standard InChI is InChI=1S/C13H20N2O2S/c1-10-4-5-13(11(2)8-10)18(16,17)15-7-6-14-12(3)9-15/h4-5,8,12,14H,6-7,9H2,1-3H3/t12-/m0/s1. The maximum atomic E-state index is 12.6. The Bertz CT molecular complexity index is 540. The summed E-state index contributed by atoms with van der Waals surface area (Å²) in [5, 5.41) is 3.25. The molecule has 5 heteroatoms. The average molecular weight is 268 g/mol. The summed E-state index contributed by atoms with van der Waals surface area (Å²) < 4.78 is 26.7. The van der Waals surface area contributed by atoms with E-state index in [1.165, 1.54) is 0 Å². The van der Waals surface area contributed by atoms with Crippen molar-refractivity contribution in [1.29, 1.82) is 0 Å². The second-order valence-electron chi connectivity index (χ2n) is 4.99. The van der Waals surface area contributed by atoms with Gasteiger partial charge in [-0.1, -0.05) is 17.7 Å². The molecular weight excluding hydrogens is 248 g/mol. The molecule has 0 spiro atoms. The first-order valence-corrected chi connectivity index (χ1v) is 7.66. The molecule has 1 fully saturated rings. The lowest BCUT2D eigenvalue weighted by atomic mass is 10.2. The highest BCUT2D eigenvalue weighted by Gasteiger charge is 2.29. The van der Waals surface area contributed by atoms with Crippen molar-refractivity contribution in [3.63, 3.8) is 0 Å². The third-order valence-electron chi connectivity index (χ3n) is 3.28. The molecule has 1 aromatic rings. The number of benzene rings is 1. The van der Waals surface area contributed by atoms with Crippen LogP contribution in [0.25, 0.3) is 0 Å². The zero-order valence-corrected chi connectivity index (χ0v) is 11.9. The van der Waals surface area contributed by atoms with Crippen molar-refractivity contribution in [3.8, 4) is 0 Å². The smallest absolute Gasteiger partial charge is 0.243 e. The first-order chi connectivity index (χ1) is 8.41. The first kappa shape index (κ1) is 13.5. The molecule has 1 aliphatic rings. The fraction of sp³-hybridized carbons (Fsp3) is 0.538. The highest BCUT2D eigenvalue weighted by Crippen LogP contribution is 2.21. The van der Waals surface area contributed by atoms with Crippen LogP contribution in [0.5, 0.6) is 0 Å². The SMILES string of the molecule is Cc1ccc(S(=O)(=O)N2CCN[C@@H](C)C2)c(C)c1. The molecule has 0 aliphatic carbocycles. The van der Waals surface area contributed by atoms with Crippen LogP contribution in [0.15, 0.2) is 23.1 Å². The Morgan fingerprint density at radius 1 is 1.33 bits per heavy atom. The van der Waals surface area contributed by atoms with E-state index >= 15 is 0 Å². The van der Waals surface area contributed by atoms with Crippen LogP contribution in [0.2, 0.25) is 0 Å². The summed E-state index contributed by atoms with van der Waals surface area (Å²) in [6, 6.07) is 5.69. The number of sulfonamides is 1. The van der Waals surface area contributed by atoms with Gasteiger partial charge in [0.25, 0.3) is 0 Å². The van der Waals surface area contributed by atoms with Gasteiger partial charge in [-0.25, -0.2) is 8.42 Å². The molecule has 1 heterocycles. The third kappa shape index (κ3) is 2.58. The molecule has 2 rings (SSSR count). The van der Waals surface area contributed by atoms with E-state index in [9.17, 15) is 8.42 Å². The van der Waals surface area contributed by atoms with Crippen LogP contribution in [0.4, 0.5) is 0 Å². The Hall–Kier alpha value is -0.910. The summed E-state index contributed by atoms with van der Waals surface area (Å²) in [7, 11) is -3.35. The fourth-order valence-corrected chi connectivity index (χ4v) is 4.08. The molecule has 1 N–H and O–H groups in total. The van der Waals surface area contributed by atoms with E-state index in [0.717, 1.165) is 11.1 Å². The zero-order chi connectivity index (χ0) is 13.3. The van der Waals surface area contributed by atoms with Gasteiger partial charge < -0.3 is 5.32 Å². The molecule has 0 bridgehead atoms. The number of rotatable bonds is 2. The Morgan fingerprint density at radius 3 is 2.67 bits per heavy atom. The van der Waals surface area contributed by atoms with Crippen LogP contribution in [-0.2, 0) is 10.0 Å². The van der Waals surface area contributed by atoms with Crippen molar-refractivity contribution in [1.82, 2.24) is 9.62 Å². The average Bonchev–Trinajstić information content (AvgIpc) is 2.28. The van der Waals surface area contributed by atoms with Crippen LogP contribution in [-0.4, -0.2) is 38.4 Å². The maximum Gasteiger partial charge on any atom is 0.243 e. The minimum atomic E-state index is -3.35. The summed E-state index contributed by atoms with van der Waals surface area (Å²) in [5.41, 5.74) is 1.90. The zero-order valence-electron chi connectivity index (χ0n) is 11.1. The predicted octanol–water partition coefficient (Wildman–Crippen LogP) is 1.29. The van der Waals surface area contributed by atoms with Crippen LogP contribution >= 0.6 is 0 Å². The second kappa shape index (κ2) is 4.99. The van der Waals surface area contributed by atoms with Crippen molar-refractivity contribution in [3.05, 3.63) is 29.3 Å². The van der Waals surface area contributed by atoms with E-state index in [2.05, 4.69) is 5.32 Å². The van der Waals surface area contributed by atoms with Crippen LogP contribution in [0.3, 0.4) is 0 Å². The molecule has 0 saturated carbocycles. The molecular formula is C13H20N2O2S. The number of nitrogens with one attached hydrogen (secondary N) is 1. The molecule has 0 unspecified atom stereocenters. The third-order valence-corrected chi connectivity index (χ3v) is 5.31. The van der Waals surface area contributed by atoms with Gasteiger partial charge in [-0.05, 0) is 32.4 Å². The first-order valence-electron chi connectivity index (χ1n) is 6.22. The van der Waals surface area contributed by atoms with Gasteiger partial charge in [-0.2, -0.15) is 4.31 Å². The van der Waals surface area contributed by atoms with Gasteiger partial charge in [0.1, 0.15) is 0 Å². The molecule has 0 radical (unpaired) electrons. The normalized spacial score (nSPS) is 22.1. The Balaban J connectivity index is 2.35. The fourth-order valence-electron chi connectivity index (χ4n) is 2.34. The van der Waals surface area contributed by atoms with E-state index in [0.29, 0.717) is 24.5 Å². The van der Waals surface area contributed by atoms with Gasteiger partial charge in [0.2, 0.25) is 10.0 Å². The van der Waals surface area contributed by atoms with Crippen LogP contribution < -0.4 is 5.32 Å². The highest BCUT2D eigenvalue weighted by molar-refractivity contribution is 7.89. The predicted molar refractivity (Wildman–Crippen MR) is 72.1 cm³/mol. The summed E-state index contributed by atoms with van der Waals surface area (Å²) >= 11 is 0. The van der Waals surface area contributed by atoms with Crippen molar-refractivity contribution < 1.29 is 8.42 Å². The van der Waals surface area contributed by atoms with Gasteiger partial charge in [0.15, 0.2) is 0 Å². The molecule has 1 aliphatic heterocycles. The second-order valence-corrected chi connectivity index (χ2v) is 6.89. The Labute approximate surface area is 109 Å². The maximum absolute atomic E-state index is 12.6. The summed E-state index contributed by atoms with van der Waals surface area (Å²) in [6.07, 6.45) is 0. The number of aryl methyl sites for hydroxylation is 2. The van der Waals surface area contributed by atoms with E-state index in [1.54, 1.807) is 10.4 Å².